The van der Waals surface area contributed by atoms with Crippen LogP contribution in [-0.2, 0) is 10.8 Å². The summed E-state index contributed by atoms with van der Waals surface area (Å²) in [7, 11) is -0.645. The van der Waals surface area contributed by atoms with E-state index in [1.54, 1.807) is 0 Å². The number of imidazole rings is 1. The molecule has 1 aromatic carbocycles. The SMILES string of the molecule is CC(Cl)c1nc2cc(I)ccc2n1C1CCS(=O)CC1. The fraction of sp³-hybridized carbons (Fsp3) is 0.500. The van der Waals surface area contributed by atoms with Gasteiger partial charge in [-0.3, -0.25) is 4.21 Å². The number of alkyl halides is 1. The molecular formula is C14H16ClIN2OS. The van der Waals surface area contributed by atoms with E-state index in [0.717, 1.165) is 41.2 Å². The Hall–Kier alpha value is -0.140. The first-order valence-electron chi connectivity index (χ1n) is 6.72. The lowest BCUT2D eigenvalue weighted by Gasteiger charge is -2.25. The molecular weight excluding hydrogens is 407 g/mol. The Labute approximate surface area is 139 Å². The van der Waals surface area contributed by atoms with Crippen LogP contribution < -0.4 is 0 Å². The molecule has 2 aromatic rings. The Bertz CT molecular complexity index is 660. The molecule has 3 nitrogen and oxygen atoms in total. The van der Waals surface area contributed by atoms with Crippen molar-refractivity contribution in [2.45, 2.75) is 31.2 Å². The zero-order valence-corrected chi connectivity index (χ0v) is 14.9. The summed E-state index contributed by atoms with van der Waals surface area (Å²) in [5, 5.41) is -0.118. The summed E-state index contributed by atoms with van der Waals surface area (Å²) in [5.41, 5.74) is 2.15. The molecule has 0 N–H and O–H groups in total. The molecule has 2 heterocycles. The molecule has 0 amide bonds. The third kappa shape index (κ3) is 2.76. The van der Waals surface area contributed by atoms with Gasteiger partial charge in [-0.05, 0) is 60.6 Å². The molecule has 1 aliphatic heterocycles. The van der Waals surface area contributed by atoms with Crippen LogP contribution in [-0.4, -0.2) is 25.3 Å². The highest BCUT2D eigenvalue weighted by Gasteiger charge is 2.25. The van der Waals surface area contributed by atoms with Crippen molar-refractivity contribution in [3.63, 3.8) is 0 Å². The van der Waals surface area contributed by atoms with Crippen molar-refractivity contribution >= 4 is 56.0 Å². The summed E-state index contributed by atoms with van der Waals surface area (Å²) >= 11 is 8.62. The predicted molar refractivity (Wildman–Crippen MR) is 92.9 cm³/mol. The van der Waals surface area contributed by atoms with Crippen molar-refractivity contribution in [2.75, 3.05) is 11.5 Å². The second-order valence-electron chi connectivity index (χ2n) is 5.17. The zero-order chi connectivity index (χ0) is 14.3. The summed E-state index contributed by atoms with van der Waals surface area (Å²) in [4.78, 5) is 4.72. The predicted octanol–water partition coefficient (Wildman–Crippen LogP) is 4.02. The van der Waals surface area contributed by atoms with Gasteiger partial charge in [-0.15, -0.1) is 11.6 Å². The topological polar surface area (TPSA) is 34.9 Å². The maximum atomic E-state index is 11.6. The number of rotatable bonds is 2. The number of hydrogen-bond acceptors (Lipinski definition) is 2. The van der Waals surface area contributed by atoms with Gasteiger partial charge in [0.15, 0.2) is 0 Å². The van der Waals surface area contributed by atoms with Crippen molar-refractivity contribution in [1.29, 1.82) is 0 Å². The Balaban J connectivity index is 2.11. The summed E-state index contributed by atoms with van der Waals surface area (Å²) in [6.07, 6.45) is 1.89. The van der Waals surface area contributed by atoms with Crippen molar-refractivity contribution in [3.8, 4) is 0 Å². The zero-order valence-electron chi connectivity index (χ0n) is 11.2. The molecule has 1 aliphatic rings. The van der Waals surface area contributed by atoms with E-state index < -0.39 is 10.8 Å². The number of benzene rings is 1. The minimum Gasteiger partial charge on any atom is -0.324 e. The maximum absolute atomic E-state index is 11.6. The lowest BCUT2D eigenvalue weighted by Crippen LogP contribution is -2.23. The highest BCUT2D eigenvalue weighted by atomic mass is 127. The molecule has 108 valence electrons. The van der Waals surface area contributed by atoms with E-state index in [9.17, 15) is 4.21 Å². The van der Waals surface area contributed by atoms with E-state index in [1.807, 2.05) is 6.92 Å². The summed E-state index contributed by atoms with van der Waals surface area (Å²) in [6.45, 7) is 1.96. The summed E-state index contributed by atoms with van der Waals surface area (Å²) in [6, 6.07) is 6.69. The van der Waals surface area contributed by atoms with Gasteiger partial charge < -0.3 is 4.57 Å². The summed E-state index contributed by atoms with van der Waals surface area (Å²) < 4.78 is 15.0. The Morgan fingerprint density at radius 1 is 1.45 bits per heavy atom. The van der Waals surface area contributed by atoms with Crippen molar-refractivity contribution in [1.82, 2.24) is 9.55 Å². The third-order valence-electron chi connectivity index (χ3n) is 3.76. The van der Waals surface area contributed by atoms with Gasteiger partial charge >= 0.3 is 0 Å². The number of hydrogen-bond donors (Lipinski definition) is 0. The standard InChI is InChI=1S/C14H16ClIN2OS/c1-9(15)14-17-12-8-10(16)2-3-13(12)18(14)11-4-6-20(19)7-5-11/h2-3,8-9,11H,4-7H2,1H3. The van der Waals surface area contributed by atoms with Gasteiger partial charge in [0.05, 0.1) is 16.4 Å². The molecule has 1 atom stereocenters. The Morgan fingerprint density at radius 2 is 2.15 bits per heavy atom. The summed E-state index contributed by atoms with van der Waals surface area (Å²) in [5.74, 6) is 2.50. The maximum Gasteiger partial charge on any atom is 0.127 e. The Kier molecular flexibility index (Phi) is 4.38. The number of halogens is 2. The molecule has 1 unspecified atom stereocenters. The Morgan fingerprint density at radius 3 is 2.80 bits per heavy atom. The van der Waals surface area contributed by atoms with E-state index in [1.165, 1.54) is 3.57 Å². The van der Waals surface area contributed by atoms with Crippen LogP contribution in [0.3, 0.4) is 0 Å². The molecule has 20 heavy (non-hydrogen) atoms. The highest BCUT2D eigenvalue weighted by molar-refractivity contribution is 14.1. The average Bonchev–Trinajstić information content (AvgIpc) is 2.78. The monoisotopic (exact) mass is 422 g/mol. The van der Waals surface area contributed by atoms with Crippen LogP contribution >= 0.6 is 34.2 Å². The van der Waals surface area contributed by atoms with Crippen LogP contribution in [0.5, 0.6) is 0 Å². The van der Waals surface area contributed by atoms with E-state index in [2.05, 4.69) is 45.4 Å². The molecule has 0 bridgehead atoms. The lowest BCUT2D eigenvalue weighted by atomic mass is 10.1. The quantitative estimate of drug-likeness (QED) is 0.541. The lowest BCUT2D eigenvalue weighted by molar-refractivity contribution is 0.457. The minimum absolute atomic E-state index is 0.118. The average molecular weight is 423 g/mol. The first-order valence-corrected chi connectivity index (χ1v) is 9.73. The van der Waals surface area contributed by atoms with Gasteiger partial charge in [0.25, 0.3) is 0 Å². The molecule has 3 rings (SSSR count). The fourth-order valence-corrected chi connectivity index (χ4v) is 4.70. The smallest absolute Gasteiger partial charge is 0.127 e. The van der Waals surface area contributed by atoms with Crippen molar-refractivity contribution in [2.24, 2.45) is 0 Å². The molecule has 1 aromatic heterocycles. The number of fused-ring (bicyclic) bond motifs is 1. The second-order valence-corrected chi connectivity index (χ2v) is 8.76. The van der Waals surface area contributed by atoms with E-state index >= 15 is 0 Å². The van der Waals surface area contributed by atoms with Crippen LogP contribution in [0.4, 0.5) is 0 Å². The van der Waals surface area contributed by atoms with E-state index in [0.29, 0.717) is 6.04 Å². The van der Waals surface area contributed by atoms with Crippen molar-refractivity contribution in [3.05, 3.63) is 27.6 Å². The van der Waals surface area contributed by atoms with Gasteiger partial charge in [-0.2, -0.15) is 0 Å². The van der Waals surface area contributed by atoms with E-state index in [-0.39, 0.29) is 5.38 Å². The normalized spacial score (nSPS) is 24.9. The van der Waals surface area contributed by atoms with Crippen LogP contribution in [0.15, 0.2) is 18.2 Å². The van der Waals surface area contributed by atoms with Gasteiger partial charge in [0.2, 0.25) is 0 Å². The molecule has 1 saturated heterocycles. The molecule has 0 spiro atoms. The van der Waals surface area contributed by atoms with Gasteiger partial charge in [0, 0.05) is 31.9 Å². The second kappa shape index (κ2) is 5.93. The highest BCUT2D eigenvalue weighted by Crippen LogP contribution is 2.33. The first-order chi connectivity index (χ1) is 9.56. The molecule has 0 saturated carbocycles. The van der Waals surface area contributed by atoms with Crippen LogP contribution in [0, 0.1) is 3.57 Å². The number of aromatic nitrogens is 2. The van der Waals surface area contributed by atoms with Gasteiger partial charge in [0.1, 0.15) is 5.82 Å². The van der Waals surface area contributed by atoms with Crippen LogP contribution in [0.1, 0.15) is 37.0 Å². The van der Waals surface area contributed by atoms with Crippen LogP contribution in [0.25, 0.3) is 11.0 Å². The molecule has 0 aliphatic carbocycles. The van der Waals surface area contributed by atoms with Gasteiger partial charge in [-0.25, -0.2) is 4.98 Å². The first kappa shape index (κ1) is 14.8. The fourth-order valence-electron chi connectivity index (χ4n) is 2.79. The minimum atomic E-state index is -0.645. The van der Waals surface area contributed by atoms with Crippen LogP contribution in [0.2, 0.25) is 0 Å². The molecule has 1 fully saturated rings. The van der Waals surface area contributed by atoms with Crippen molar-refractivity contribution < 1.29 is 4.21 Å². The van der Waals surface area contributed by atoms with E-state index in [4.69, 9.17) is 16.6 Å². The van der Waals surface area contributed by atoms with Gasteiger partial charge in [-0.1, -0.05) is 0 Å². The largest absolute Gasteiger partial charge is 0.324 e. The molecule has 6 heteroatoms. The third-order valence-corrected chi connectivity index (χ3v) is 6.01. The number of nitrogens with zero attached hydrogens (tertiary/aromatic N) is 2. The molecule has 0 radical (unpaired) electrons.